The maximum absolute atomic E-state index is 12.9. The van der Waals surface area contributed by atoms with Gasteiger partial charge in [-0.2, -0.15) is 0 Å². The van der Waals surface area contributed by atoms with Crippen LogP contribution in [0, 0.1) is 10.1 Å². The molecule has 1 aliphatic heterocycles. The first-order valence-electron chi connectivity index (χ1n) is 7.53. The largest absolute Gasteiger partial charge is 0.501 e. The number of anilines is 1. The summed E-state index contributed by atoms with van der Waals surface area (Å²) in [5.41, 5.74) is -0.213. The fourth-order valence-corrected chi connectivity index (χ4v) is 3.64. The first-order valence-corrected chi connectivity index (χ1v) is 9.52. The predicted molar refractivity (Wildman–Crippen MR) is 113 cm³/mol. The third-order valence-corrected chi connectivity index (χ3v) is 5.12. The van der Waals surface area contributed by atoms with Crippen LogP contribution in [-0.2, 0) is 9.59 Å². The van der Waals surface area contributed by atoms with Crippen LogP contribution in [0.15, 0.2) is 50.9 Å². The molecule has 0 aliphatic carbocycles. The number of halogens is 2. The van der Waals surface area contributed by atoms with Gasteiger partial charge < -0.3 is 5.11 Å². The molecule has 3 rings (SSSR count). The number of nitro groups is 1. The van der Waals surface area contributed by atoms with Crippen LogP contribution in [0.3, 0.4) is 0 Å². The molecule has 1 heterocycles. The smallest absolute Gasteiger partial charge is 0.312 e. The van der Waals surface area contributed by atoms with Crippen LogP contribution in [0.25, 0.3) is 6.08 Å². The maximum Gasteiger partial charge on any atom is 0.312 e. The van der Waals surface area contributed by atoms with E-state index < -0.39 is 28.2 Å². The molecule has 11 heteroatoms. The molecule has 0 radical (unpaired) electrons. The minimum atomic E-state index is -0.770. The Balaban J connectivity index is 2.08. The van der Waals surface area contributed by atoms with E-state index in [-0.39, 0.29) is 20.7 Å². The van der Waals surface area contributed by atoms with Crippen molar-refractivity contribution in [1.29, 1.82) is 0 Å². The molecule has 1 aliphatic rings. The molecule has 2 aromatic rings. The molecule has 28 heavy (non-hydrogen) atoms. The van der Waals surface area contributed by atoms with E-state index in [2.05, 4.69) is 37.2 Å². The van der Waals surface area contributed by atoms with E-state index in [0.717, 1.165) is 11.0 Å². The number of hydrogen-bond acceptors (Lipinski definition) is 6. The molecule has 0 aromatic heterocycles. The van der Waals surface area contributed by atoms with Crippen LogP contribution in [0.5, 0.6) is 5.75 Å². The average molecular weight is 527 g/mol. The van der Waals surface area contributed by atoms with Crippen LogP contribution in [0.1, 0.15) is 5.56 Å². The molecule has 1 saturated heterocycles. The number of carbonyl (C=O) groups is 2. The summed E-state index contributed by atoms with van der Waals surface area (Å²) in [5.74, 6) is -1.96. The third kappa shape index (κ3) is 3.81. The predicted octanol–water partition coefficient (Wildman–Crippen LogP) is 3.66. The van der Waals surface area contributed by atoms with Crippen LogP contribution in [0.2, 0.25) is 0 Å². The lowest BCUT2D eigenvalue weighted by Crippen LogP contribution is -2.54. The van der Waals surface area contributed by atoms with Crippen molar-refractivity contribution in [2.24, 2.45) is 0 Å². The Bertz CT molecular complexity index is 1090. The fraction of sp³-hybridized carbons (Fsp3) is 0. The molecule has 2 N–H and O–H groups in total. The summed E-state index contributed by atoms with van der Waals surface area (Å²) in [5, 5.41) is 23.2. The van der Waals surface area contributed by atoms with E-state index in [1.54, 1.807) is 24.3 Å². The second-order valence-electron chi connectivity index (χ2n) is 5.57. The van der Waals surface area contributed by atoms with Crippen molar-refractivity contribution in [2.45, 2.75) is 0 Å². The first-order chi connectivity index (χ1) is 13.2. The minimum absolute atomic E-state index is 0.0524. The molecule has 2 aromatic carbocycles. The summed E-state index contributed by atoms with van der Waals surface area (Å²) in [4.78, 5) is 36.7. The van der Waals surface area contributed by atoms with Gasteiger partial charge in [-0.3, -0.25) is 29.9 Å². The van der Waals surface area contributed by atoms with E-state index in [0.29, 0.717) is 10.2 Å². The molecule has 0 spiro atoms. The average Bonchev–Trinajstić information content (AvgIpc) is 2.61. The van der Waals surface area contributed by atoms with Gasteiger partial charge in [0.25, 0.3) is 11.8 Å². The zero-order valence-electron chi connectivity index (χ0n) is 13.7. The number of carbonyl (C=O) groups excluding carboxylic acids is 2. The normalized spacial score (nSPS) is 15.7. The molecule has 142 valence electrons. The highest BCUT2D eigenvalue weighted by molar-refractivity contribution is 9.10. The van der Waals surface area contributed by atoms with Crippen LogP contribution in [-0.4, -0.2) is 27.0 Å². The zero-order chi connectivity index (χ0) is 20.6. The number of hydrogen-bond donors (Lipinski definition) is 2. The molecule has 0 bridgehead atoms. The van der Waals surface area contributed by atoms with Gasteiger partial charge in [-0.1, -0.05) is 22.0 Å². The van der Waals surface area contributed by atoms with Gasteiger partial charge >= 0.3 is 5.69 Å². The highest BCUT2D eigenvalue weighted by atomic mass is 79.9. The molecular weight excluding hydrogens is 518 g/mol. The molecule has 0 unspecified atom stereocenters. The van der Waals surface area contributed by atoms with Crippen molar-refractivity contribution in [3.05, 3.63) is 66.6 Å². The Labute approximate surface area is 180 Å². The van der Waals surface area contributed by atoms with E-state index >= 15 is 0 Å². The summed E-state index contributed by atoms with van der Waals surface area (Å²) >= 11 is 11.4. The van der Waals surface area contributed by atoms with E-state index in [4.69, 9.17) is 12.2 Å². The third-order valence-electron chi connectivity index (χ3n) is 3.74. The fourth-order valence-electron chi connectivity index (χ4n) is 2.50. The standard InChI is InChI=1S/C17H9Br2N3O5S/c18-9-2-1-3-10(7-9)21-16(25)11(15(24)20-17(21)28)4-8-5-12(19)14(23)13(6-8)22(26)27/h1-7,23H,(H,20,24,28)/b11-4+. The first kappa shape index (κ1) is 20.1. The number of nitrogens with zero attached hydrogens (tertiary/aromatic N) is 2. The molecule has 1 fully saturated rings. The molecule has 2 amide bonds. The van der Waals surface area contributed by atoms with Crippen molar-refractivity contribution in [3.63, 3.8) is 0 Å². The quantitative estimate of drug-likeness (QED) is 0.207. The van der Waals surface area contributed by atoms with Crippen LogP contribution >= 0.6 is 44.1 Å². The van der Waals surface area contributed by atoms with Crippen LogP contribution in [0.4, 0.5) is 11.4 Å². The Morgan fingerprint density at radius 2 is 1.93 bits per heavy atom. The molecule has 8 nitrogen and oxygen atoms in total. The van der Waals surface area contributed by atoms with Gasteiger partial charge in [-0.15, -0.1) is 0 Å². The lowest BCUT2D eigenvalue weighted by Gasteiger charge is -2.29. The highest BCUT2D eigenvalue weighted by Crippen LogP contribution is 2.36. The number of phenolic OH excluding ortho intramolecular Hbond substituents is 1. The number of nitro benzene ring substituents is 1. The summed E-state index contributed by atoms with van der Waals surface area (Å²) in [6, 6.07) is 9.18. The van der Waals surface area contributed by atoms with Gasteiger partial charge in [0.05, 0.1) is 15.1 Å². The van der Waals surface area contributed by atoms with Crippen LogP contribution < -0.4 is 10.2 Å². The van der Waals surface area contributed by atoms with E-state index in [1.165, 1.54) is 12.1 Å². The summed E-state index contributed by atoms with van der Waals surface area (Å²) in [7, 11) is 0. The molecule has 0 atom stereocenters. The SMILES string of the molecule is O=C1NC(=S)N(c2cccc(Br)c2)C(=O)/C1=C/c1cc(Br)c(O)c([N+](=O)[O-])c1. The number of aromatic hydroxyl groups is 1. The van der Waals surface area contributed by atoms with Gasteiger partial charge in [0.1, 0.15) is 5.57 Å². The Morgan fingerprint density at radius 1 is 1.21 bits per heavy atom. The number of benzene rings is 2. The van der Waals surface area contributed by atoms with Gasteiger partial charge in [-0.05, 0) is 64.1 Å². The van der Waals surface area contributed by atoms with Crippen molar-refractivity contribution in [1.82, 2.24) is 5.32 Å². The lowest BCUT2D eigenvalue weighted by atomic mass is 10.1. The maximum atomic E-state index is 12.9. The summed E-state index contributed by atoms with van der Waals surface area (Å²) < 4.78 is 0.762. The topological polar surface area (TPSA) is 113 Å². The number of phenols is 1. The van der Waals surface area contributed by atoms with Crippen molar-refractivity contribution in [2.75, 3.05) is 4.90 Å². The monoisotopic (exact) mass is 525 g/mol. The minimum Gasteiger partial charge on any atom is -0.501 e. The highest BCUT2D eigenvalue weighted by Gasteiger charge is 2.34. The van der Waals surface area contributed by atoms with E-state index in [1.807, 2.05) is 0 Å². The van der Waals surface area contributed by atoms with Gasteiger partial charge in [0.2, 0.25) is 5.75 Å². The Kier molecular flexibility index (Phi) is 5.59. The van der Waals surface area contributed by atoms with Gasteiger partial charge in [0, 0.05) is 10.5 Å². The van der Waals surface area contributed by atoms with Crippen molar-refractivity contribution >= 4 is 78.5 Å². The number of rotatable bonds is 3. The number of nitrogens with one attached hydrogen (secondary N) is 1. The molecule has 0 saturated carbocycles. The number of thiocarbonyl (C=S) groups is 1. The van der Waals surface area contributed by atoms with E-state index in [9.17, 15) is 24.8 Å². The second kappa shape index (κ2) is 7.78. The summed E-state index contributed by atoms with van der Waals surface area (Å²) in [6.07, 6.45) is 1.20. The van der Waals surface area contributed by atoms with Gasteiger partial charge in [-0.25, -0.2) is 0 Å². The molecular formula is C17H9Br2N3O5S. The van der Waals surface area contributed by atoms with Crippen molar-refractivity contribution in [3.8, 4) is 5.75 Å². The van der Waals surface area contributed by atoms with Gasteiger partial charge in [0.15, 0.2) is 5.11 Å². The zero-order valence-corrected chi connectivity index (χ0v) is 17.7. The second-order valence-corrected chi connectivity index (χ2v) is 7.72. The van der Waals surface area contributed by atoms with Crippen molar-refractivity contribution < 1.29 is 19.6 Å². The summed E-state index contributed by atoms with van der Waals surface area (Å²) in [6.45, 7) is 0. The Morgan fingerprint density at radius 3 is 2.57 bits per heavy atom. The lowest BCUT2D eigenvalue weighted by molar-refractivity contribution is -0.386. The Hall–Kier alpha value is -2.63. The number of amides is 2.